The summed E-state index contributed by atoms with van der Waals surface area (Å²) in [6.07, 6.45) is 5.01. The Morgan fingerprint density at radius 3 is 2.40 bits per heavy atom. The van der Waals surface area contributed by atoms with E-state index in [1.54, 1.807) is 0 Å². The first-order valence-corrected chi connectivity index (χ1v) is 7.36. The number of rotatable bonds is 5. The summed E-state index contributed by atoms with van der Waals surface area (Å²) in [5.74, 6) is 1.38. The molecule has 0 bridgehead atoms. The average Bonchev–Trinajstić information content (AvgIpc) is 3.18. The molecule has 0 atom stereocenters. The van der Waals surface area contributed by atoms with Crippen LogP contribution in [-0.4, -0.2) is 22.8 Å². The van der Waals surface area contributed by atoms with Gasteiger partial charge in [-0.3, -0.25) is 14.5 Å². The van der Waals surface area contributed by atoms with Crippen molar-refractivity contribution in [2.75, 3.05) is 0 Å². The number of carbonyl (C=O) groups excluding carboxylic acids is 2. The van der Waals surface area contributed by atoms with E-state index in [0.29, 0.717) is 31.2 Å². The van der Waals surface area contributed by atoms with Crippen molar-refractivity contribution in [3.8, 4) is 0 Å². The maximum absolute atomic E-state index is 11.9. The Kier molecular flexibility index (Phi) is 3.87. The van der Waals surface area contributed by atoms with Crippen LogP contribution in [0.25, 0.3) is 0 Å². The highest BCUT2D eigenvalue weighted by atomic mass is 16.3. The van der Waals surface area contributed by atoms with Gasteiger partial charge in [-0.25, -0.2) is 0 Å². The average molecular weight is 276 g/mol. The number of hydrogen-bond acceptors (Lipinski definition) is 4. The van der Waals surface area contributed by atoms with Crippen molar-refractivity contribution in [3.63, 3.8) is 0 Å². The van der Waals surface area contributed by atoms with Crippen molar-refractivity contribution < 1.29 is 14.0 Å². The van der Waals surface area contributed by atoms with Crippen molar-refractivity contribution in [2.24, 2.45) is 0 Å². The molecule has 1 saturated carbocycles. The topological polar surface area (TPSA) is 62.6 Å². The van der Waals surface area contributed by atoms with Crippen molar-refractivity contribution in [1.82, 2.24) is 10.2 Å². The maximum Gasteiger partial charge on any atom is 0.229 e. The molecule has 5 nitrogen and oxygen atoms in total. The molecule has 20 heavy (non-hydrogen) atoms. The first-order valence-electron chi connectivity index (χ1n) is 7.36. The zero-order valence-corrected chi connectivity index (χ0v) is 11.6. The van der Waals surface area contributed by atoms with Gasteiger partial charge in [0.2, 0.25) is 11.8 Å². The van der Waals surface area contributed by atoms with Gasteiger partial charge in [0.25, 0.3) is 0 Å². The Morgan fingerprint density at radius 1 is 1.10 bits per heavy atom. The van der Waals surface area contributed by atoms with E-state index in [1.807, 2.05) is 12.1 Å². The summed E-state index contributed by atoms with van der Waals surface area (Å²) in [4.78, 5) is 25.2. The van der Waals surface area contributed by atoms with E-state index in [-0.39, 0.29) is 18.4 Å². The second-order valence-electron chi connectivity index (χ2n) is 5.60. The molecule has 2 heterocycles. The fourth-order valence-corrected chi connectivity index (χ4v) is 2.43. The van der Waals surface area contributed by atoms with E-state index in [9.17, 15) is 9.59 Å². The highest BCUT2D eigenvalue weighted by Gasteiger charge is 2.25. The zero-order chi connectivity index (χ0) is 13.9. The molecule has 1 aliphatic heterocycles. The number of imide groups is 1. The monoisotopic (exact) mass is 276 g/mol. The number of nitrogens with one attached hydrogen (secondary N) is 1. The van der Waals surface area contributed by atoms with Crippen molar-refractivity contribution in [3.05, 3.63) is 23.7 Å². The molecule has 2 aliphatic rings. The minimum atomic E-state index is -0.0819. The first-order chi connectivity index (χ1) is 9.72. The first kappa shape index (κ1) is 13.4. The van der Waals surface area contributed by atoms with Crippen LogP contribution in [0.5, 0.6) is 0 Å². The van der Waals surface area contributed by atoms with Crippen LogP contribution in [0.15, 0.2) is 16.5 Å². The lowest BCUT2D eigenvalue weighted by atomic mass is 10.2. The predicted molar refractivity (Wildman–Crippen MR) is 72.6 cm³/mol. The molecule has 1 aromatic rings. The van der Waals surface area contributed by atoms with Gasteiger partial charge in [0.05, 0.1) is 13.1 Å². The number of likely N-dealkylation sites (tertiary alicyclic amines) is 1. The Labute approximate surface area is 118 Å². The molecular weight excluding hydrogens is 256 g/mol. The van der Waals surface area contributed by atoms with Gasteiger partial charge in [-0.1, -0.05) is 0 Å². The summed E-state index contributed by atoms with van der Waals surface area (Å²) in [5.41, 5.74) is 0. The quantitative estimate of drug-likeness (QED) is 0.835. The molecule has 0 spiro atoms. The lowest BCUT2D eigenvalue weighted by molar-refractivity contribution is -0.144. The summed E-state index contributed by atoms with van der Waals surface area (Å²) in [6.45, 7) is 0.980. The van der Waals surface area contributed by atoms with Gasteiger partial charge in [-0.2, -0.15) is 0 Å². The summed E-state index contributed by atoms with van der Waals surface area (Å²) in [6, 6.07) is 4.41. The largest absolute Gasteiger partial charge is 0.463 e. The SMILES string of the molecule is O=C1CCCCC(=O)N1Cc1ccc(CNC2CC2)o1. The summed E-state index contributed by atoms with van der Waals surface area (Å²) < 4.78 is 5.69. The van der Waals surface area contributed by atoms with Crippen LogP contribution in [-0.2, 0) is 22.7 Å². The maximum atomic E-state index is 11.9. The second kappa shape index (κ2) is 5.79. The van der Waals surface area contributed by atoms with Gasteiger partial charge in [0, 0.05) is 18.9 Å². The van der Waals surface area contributed by atoms with Gasteiger partial charge in [0.15, 0.2) is 0 Å². The molecule has 1 N–H and O–H groups in total. The van der Waals surface area contributed by atoms with E-state index in [2.05, 4.69) is 5.32 Å². The Hall–Kier alpha value is -1.62. The molecular formula is C15H20N2O3. The van der Waals surface area contributed by atoms with Crippen molar-refractivity contribution >= 4 is 11.8 Å². The number of hydrogen-bond donors (Lipinski definition) is 1. The molecule has 3 rings (SSSR count). The third kappa shape index (κ3) is 3.28. The van der Waals surface area contributed by atoms with Crippen molar-refractivity contribution in [1.29, 1.82) is 0 Å². The second-order valence-corrected chi connectivity index (χ2v) is 5.60. The molecule has 1 aromatic heterocycles. The number of carbonyl (C=O) groups is 2. The van der Waals surface area contributed by atoms with E-state index in [1.165, 1.54) is 17.7 Å². The van der Waals surface area contributed by atoms with Crippen LogP contribution < -0.4 is 5.32 Å². The zero-order valence-electron chi connectivity index (χ0n) is 11.6. The summed E-state index contributed by atoms with van der Waals surface area (Å²) in [7, 11) is 0. The van der Waals surface area contributed by atoms with E-state index < -0.39 is 0 Å². The lowest BCUT2D eigenvalue weighted by Gasteiger charge is -2.16. The van der Waals surface area contributed by atoms with E-state index in [0.717, 1.165) is 18.6 Å². The third-order valence-corrected chi connectivity index (χ3v) is 3.81. The summed E-state index contributed by atoms with van der Waals surface area (Å²) in [5, 5.41) is 3.38. The van der Waals surface area contributed by atoms with Gasteiger partial charge >= 0.3 is 0 Å². The van der Waals surface area contributed by atoms with Gasteiger partial charge < -0.3 is 9.73 Å². The van der Waals surface area contributed by atoms with Crippen molar-refractivity contribution in [2.45, 2.75) is 57.7 Å². The van der Waals surface area contributed by atoms with Gasteiger partial charge in [0.1, 0.15) is 11.5 Å². The minimum absolute atomic E-state index is 0.0819. The highest BCUT2D eigenvalue weighted by molar-refractivity contribution is 5.95. The van der Waals surface area contributed by atoms with Gasteiger partial charge in [-0.15, -0.1) is 0 Å². The molecule has 2 amide bonds. The lowest BCUT2D eigenvalue weighted by Crippen LogP contribution is -2.34. The van der Waals surface area contributed by atoms with Crippen LogP contribution in [0.2, 0.25) is 0 Å². The van der Waals surface area contributed by atoms with E-state index in [4.69, 9.17) is 4.42 Å². The normalized spacial score (nSPS) is 20.3. The fraction of sp³-hybridized carbons (Fsp3) is 0.600. The molecule has 0 aromatic carbocycles. The van der Waals surface area contributed by atoms with Crippen LogP contribution in [0.4, 0.5) is 0 Å². The smallest absolute Gasteiger partial charge is 0.229 e. The predicted octanol–water partition coefficient (Wildman–Crippen LogP) is 1.96. The Bertz CT molecular complexity index is 487. The van der Waals surface area contributed by atoms with Crippen LogP contribution in [0, 0.1) is 0 Å². The molecule has 0 radical (unpaired) electrons. The molecule has 2 fully saturated rings. The Morgan fingerprint density at radius 2 is 1.75 bits per heavy atom. The molecule has 0 unspecified atom stereocenters. The Balaban J connectivity index is 1.60. The summed E-state index contributed by atoms with van der Waals surface area (Å²) >= 11 is 0. The van der Waals surface area contributed by atoms with Crippen LogP contribution in [0.1, 0.15) is 50.0 Å². The highest BCUT2D eigenvalue weighted by Crippen LogP contribution is 2.20. The van der Waals surface area contributed by atoms with Crippen LogP contribution in [0.3, 0.4) is 0 Å². The number of furan rings is 1. The molecule has 1 saturated heterocycles. The number of nitrogens with zero attached hydrogens (tertiary/aromatic N) is 1. The standard InChI is InChI=1S/C15H20N2O3/c18-14-3-1-2-4-15(19)17(14)10-13-8-7-12(20-13)9-16-11-5-6-11/h7-8,11,16H,1-6,9-10H2. The van der Waals surface area contributed by atoms with Crippen LogP contribution >= 0.6 is 0 Å². The van der Waals surface area contributed by atoms with E-state index >= 15 is 0 Å². The number of amides is 2. The molecule has 1 aliphatic carbocycles. The molecule has 5 heteroatoms. The fourth-order valence-electron chi connectivity index (χ4n) is 2.43. The third-order valence-electron chi connectivity index (χ3n) is 3.81. The molecule has 108 valence electrons. The van der Waals surface area contributed by atoms with Gasteiger partial charge in [-0.05, 0) is 37.8 Å². The minimum Gasteiger partial charge on any atom is -0.463 e.